The van der Waals surface area contributed by atoms with Gasteiger partial charge in [-0.15, -0.1) is 11.3 Å². The van der Waals surface area contributed by atoms with E-state index in [0.29, 0.717) is 30.2 Å². The highest BCUT2D eigenvalue weighted by Gasteiger charge is 2.35. The van der Waals surface area contributed by atoms with Crippen LogP contribution in [0.5, 0.6) is 11.5 Å². The predicted molar refractivity (Wildman–Crippen MR) is 110 cm³/mol. The highest BCUT2D eigenvalue weighted by Crippen LogP contribution is 2.44. The summed E-state index contributed by atoms with van der Waals surface area (Å²) >= 11 is 1.71. The van der Waals surface area contributed by atoms with Gasteiger partial charge in [0.1, 0.15) is 24.0 Å². The van der Waals surface area contributed by atoms with Crippen LogP contribution in [0.25, 0.3) is 6.08 Å². The average molecular weight is 407 g/mol. The number of fused-ring (bicyclic) bond motifs is 3. The van der Waals surface area contributed by atoms with Crippen LogP contribution in [0.4, 0.5) is 4.39 Å². The maximum atomic E-state index is 13.5. The molecule has 0 saturated heterocycles. The number of allylic oxidation sites excluding steroid dienone is 1. The van der Waals surface area contributed by atoms with E-state index in [1.165, 1.54) is 17.0 Å². The van der Waals surface area contributed by atoms with E-state index in [1.807, 2.05) is 19.1 Å². The third-order valence-electron chi connectivity index (χ3n) is 5.09. The number of benzene rings is 2. The van der Waals surface area contributed by atoms with Crippen molar-refractivity contribution in [3.05, 3.63) is 86.6 Å². The van der Waals surface area contributed by atoms with Crippen molar-refractivity contribution in [2.24, 2.45) is 0 Å². The topological polar surface area (TPSA) is 38.8 Å². The van der Waals surface area contributed by atoms with Crippen LogP contribution >= 0.6 is 11.3 Å². The molecule has 3 heterocycles. The number of carbonyl (C=O) groups is 1. The van der Waals surface area contributed by atoms with Gasteiger partial charge in [-0.25, -0.2) is 4.39 Å². The molecule has 0 spiro atoms. The van der Waals surface area contributed by atoms with Gasteiger partial charge in [-0.05, 0) is 53.8 Å². The molecular weight excluding hydrogens is 389 g/mol. The summed E-state index contributed by atoms with van der Waals surface area (Å²) in [6.07, 6.45) is 1.59. The van der Waals surface area contributed by atoms with E-state index in [4.69, 9.17) is 9.47 Å². The number of nitrogens with zero attached hydrogens (tertiary/aromatic N) is 1. The van der Waals surface area contributed by atoms with Crippen molar-refractivity contribution in [3.8, 4) is 11.5 Å². The normalized spacial score (nSPS) is 17.0. The smallest absolute Gasteiger partial charge is 0.232 e. The van der Waals surface area contributed by atoms with Gasteiger partial charge in [-0.1, -0.05) is 18.2 Å². The van der Waals surface area contributed by atoms with Crippen LogP contribution in [-0.4, -0.2) is 17.4 Å². The highest BCUT2D eigenvalue weighted by atomic mass is 32.1. The van der Waals surface area contributed by atoms with Gasteiger partial charge in [0.25, 0.3) is 0 Å². The molecule has 0 bridgehead atoms. The minimum absolute atomic E-state index is 0.181. The summed E-state index contributed by atoms with van der Waals surface area (Å²) in [5, 5.41) is 2.06. The van der Waals surface area contributed by atoms with Gasteiger partial charge in [-0.3, -0.25) is 9.69 Å². The number of carbonyl (C=O) groups excluding carboxylic acids is 1. The summed E-state index contributed by atoms with van der Waals surface area (Å²) in [4.78, 5) is 16.4. The van der Waals surface area contributed by atoms with Gasteiger partial charge in [0.15, 0.2) is 5.76 Å². The number of hydrogen-bond donors (Lipinski definition) is 0. The fraction of sp³-hybridized carbons (Fsp3) is 0.174. The molecule has 0 aliphatic carbocycles. The van der Waals surface area contributed by atoms with Gasteiger partial charge in [0.05, 0.1) is 11.1 Å². The second-order valence-corrected chi connectivity index (χ2v) is 8.24. The van der Waals surface area contributed by atoms with Crippen LogP contribution < -0.4 is 9.47 Å². The largest absolute Gasteiger partial charge is 0.478 e. The number of aryl methyl sites for hydroxylation is 1. The Morgan fingerprint density at radius 3 is 2.93 bits per heavy atom. The molecule has 1 aromatic heterocycles. The van der Waals surface area contributed by atoms with E-state index in [1.54, 1.807) is 29.5 Å². The molecule has 0 N–H and O–H groups in total. The lowest BCUT2D eigenvalue weighted by atomic mass is 9.98. The van der Waals surface area contributed by atoms with Crippen LogP contribution in [0.3, 0.4) is 0 Å². The summed E-state index contributed by atoms with van der Waals surface area (Å²) in [5.74, 6) is 0.984. The van der Waals surface area contributed by atoms with Crippen molar-refractivity contribution in [3.63, 3.8) is 0 Å². The molecule has 0 saturated carbocycles. The number of Topliss-reactive ketones (excluding diaryl/α,β-unsaturated/α-hetero) is 1. The van der Waals surface area contributed by atoms with E-state index in [0.717, 1.165) is 23.4 Å². The molecule has 0 radical (unpaired) electrons. The van der Waals surface area contributed by atoms with Crippen LogP contribution in [-0.2, 0) is 13.1 Å². The standard InChI is InChI=1S/C23H18FNO3S/c1-14-8-19-18(12-25(13-27-19)11-17-6-3-7-29-17)23-21(14)22(26)20(28-23)10-15-4-2-5-16(24)9-15/h2-10H,11-13H2,1H3/b20-10-. The molecule has 0 amide bonds. The SMILES string of the molecule is Cc1cc2c(c3c1C(=O)/C(=C/c1cccc(F)c1)O3)CN(Cc1cccs1)CO2. The molecule has 5 rings (SSSR count). The molecule has 3 aromatic rings. The lowest BCUT2D eigenvalue weighted by Gasteiger charge is -2.29. The number of hydrogen-bond acceptors (Lipinski definition) is 5. The Kier molecular flexibility index (Phi) is 4.45. The Morgan fingerprint density at radius 1 is 1.24 bits per heavy atom. The van der Waals surface area contributed by atoms with Crippen molar-refractivity contribution in [2.75, 3.05) is 6.73 Å². The first kappa shape index (κ1) is 18.1. The van der Waals surface area contributed by atoms with E-state index in [9.17, 15) is 9.18 Å². The Labute approximate surface area is 171 Å². The van der Waals surface area contributed by atoms with Crippen molar-refractivity contribution in [2.45, 2.75) is 20.0 Å². The van der Waals surface area contributed by atoms with Crippen LogP contribution in [0.2, 0.25) is 0 Å². The second kappa shape index (κ2) is 7.13. The summed E-state index contributed by atoms with van der Waals surface area (Å²) < 4.78 is 25.5. The molecule has 0 atom stereocenters. The summed E-state index contributed by atoms with van der Waals surface area (Å²) in [5.41, 5.74) is 2.85. The van der Waals surface area contributed by atoms with E-state index in [-0.39, 0.29) is 17.4 Å². The van der Waals surface area contributed by atoms with Crippen molar-refractivity contribution >= 4 is 23.2 Å². The quantitative estimate of drug-likeness (QED) is 0.562. The summed E-state index contributed by atoms with van der Waals surface area (Å²) in [6, 6.07) is 12.1. The number of ether oxygens (including phenoxy) is 2. The van der Waals surface area contributed by atoms with Gasteiger partial charge in [-0.2, -0.15) is 0 Å². The second-order valence-electron chi connectivity index (χ2n) is 7.21. The molecule has 6 heteroatoms. The number of rotatable bonds is 3. The van der Waals surface area contributed by atoms with Crippen LogP contribution in [0, 0.1) is 12.7 Å². The fourth-order valence-electron chi connectivity index (χ4n) is 3.75. The molecule has 0 fully saturated rings. The Bertz CT molecular complexity index is 1140. The van der Waals surface area contributed by atoms with Gasteiger partial charge in [0, 0.05) is 18.0 Å². The third kappa shape index (κ3) is 3.34. The molecule has 2 aliphatic rings. The first-order valence-corrected chi connectivity index (χ1v) is 10.2. The van der Waals surface area contributed by atoms with Crippen molar-refractivity contribution < 1.29 is 18.7 Å². The average Bonchev–Trinajstić information content (AvgIpc) is 3.31. The highest BCUT2D eigenvalue weighted by molar-refractivity contribution is 7.09. The molecule has 2 aliphatic heterocycles. The molecule has 146 valence electrons. The lowest BCUT2D eigenvalue weighted by Crippen LogP contribution is -2.31. The predicted octanol–water partition coefficient (Wildman–Crippen LogP) is 5.16. The first-order chi connectivity index (χ1) is 14.1. The number of ketones is 1. The van der Waals surface area contributed by atoms with Crippen molar-refractivity contribution in [1.29, 1.82) is 0 Å². The molecule has 29 heavy (non-hydrogen) atoms. The lowest BCUT2D eigenvalue weighted by molar-refractivity contribution is 0.0881. The minimum Gasteiger partial charge on any atom is -0.478 e. The Hall–Kier alpha value is -2.96. The molecule has 2 aromatic carbocycles. The van der Waals surface area contributed by atoms with Gasteiger partial charge in [0.2, 0.25) is 5.78 Å². The van der Waals surface area contributed by atoms with Crippen LogP contribution in [0.15, 0.2) is 53.6 Å². The number of halogens is 1. The summed E-state index contributed by atoms with van der Waals surface area (Å²) in [7, 11) is 0. The molecule has 4 nitrogen and oxygen atoms in total. The zero-order valence-electron chi connectivity index (χ0n) is 15.8. The Morgan fingerprint density at radius 2 is 2.14 bits per heavy atom. The van der Waals surface area contributed by atoms with Gasteiger partial charge < -0.3 is 9.47 Å². The number of thiophene rings is 1. The first-order valence-electron chi connectivity index (χ1n) is 9.32. The van der Waals surface area contributed by atoms with E-state index in [2.05, 4.69) is 16.3 Å². The third-order valence-corrected chi connectivity index (χ3v) is 5.95. The zero-order valence-corrected chi connectivity index (χ0v) is 16.6. The monoisotopic (exact) mass is 407 g/mol. The fourth-order valence-corrected chi connectivity index (χ4v) is 4.49. The van der Waals surface area contributed by atoms with Crippen LogP contribution in [0.1, 0.15) is 31.9 Å². The summed E-state index contributed by atoms with van der Waals surface area (Å²) in [6.45, 7) is 3.78. The molecule has 0 unspecified atom stereocenters. The Balaban J connectivity index is 1.49. The maximum Gasteiger partial charge on any atom is 0.232 e. The maximum absolute atomic E-state index is 13.5. The minimum atomic E-state index is -0.353. The van der Waals surface area contributed by atoms with Crippen molar-refractivity contribution in [1.82, 2.24) is 4.90 Å². The van der Waals surface area contributed by atoms with Gasteiger partial charge >= 0.3 is 0 Å². The zero-order chi connectivity index (χ0) is 20.0. The molecular formula is C23H18FNO3S. The van der Waals surface area contributed by atoms with E-state index < -0.39 is 0 Å². The van der Waals surface area contributed by atoms with E-state index >= 15 is 0 Å².